The van der Waals surface area contributed by atoms with Crippen molar-refractivity contribution in [3.8, 4) is 12.3 Å². The molecule has 0 spiro atoms. The first-order chi connectivity index (χ1) is 8.99. The Morgan fingerprint density at radius 1 is 1.47 bits per heavy atom. The van der Waals surface area contributed by atoms with Crippen molar-refractivity contribution in [1.82, 2.24) is 10.2 Å². The fourth-order valence-corrected chi connectivity index (χ4v) is 2.47. The predicted molar refractivity (Wildman–Crippen MR) is 75.2 cm³/mol. The molecule has 0 aromatic carbocycles. The summed E-state index contributed by atoms with van der Waals surface area (Å²) in [5, 5.41) is 2.83. The summed E-state index contributed by atoms with van der Waals surface area (Å²) in [6.45, 7) is 6.59. The number of nitrogens with zero attached hydrogens (tertiary/aromatic N) is 1. The summed E-state index contributed by atoms with van der Waals surface area (Å²) in [7, 11) is 0. The molecule has 0 aromatic heterocycles. The van der Waals surface area contributed by atoms with E-state index in [9.17, 15) is 9.59 Å². The molecule has 2 atom stereocenters. The molecule has 1 saturated heterocycles. The summed E-state index contributed by atoms with van der Waals surface area (Å²) in [6, 6.07) is -0.360. The van der Waals surface area contributed by atoms with Crippen molar-refractivity contribution in [3.63, 3.8) is 0 Å². The molecule has 4 heteroatoms. The van der Waals surface area contributed by atoms with E-state index < -0.39 is 6.04 Å². The van der Waals surface area contributed by atoms with Crippen LogP contribution in [0.2, 0.25) is 0 Å². The second-order valence-electron chi connectivity index (χ2n) is 5.50. The highest BCUT2D eigenvalue weighted by atomic mass is 16.2. The Kier molecular flexibility index (Phi) is 5.88. The minimum atomic E-state index is -0.401. The molecule has 106 valence electrons. The van der Waals surface area contributed by atoms with Gasteiger partial charge in [0.25, 0.3) is 0 Å². The van der Waals surface area contributed by atoms with Gasteiger partial charge in [-0.2, -0.15) is 0 Å². The molecule has 0 bridgehead atoms. The molecule has 1 N–H and O–H groups in total. The minimum absolute atomic E-state index is 0.0154. The third kappa shape index (κ3) is 4.27. The first-order valence-corrected chi connectivity index (χ1v) is 7.02. The Labute approximate surface area is 115 Å². The Morgan fingerprint density at radius 2 is 2.16 bits per heavy atom. The van der Waals surface area contributed by atoms with Crippen LogP contribution in [0.15, 0.2) is 0 Å². The lowest BCUT2D eigenvalue weighted by atomic mass is 10.0. The number of hydrogen-bond donors (Lipinski definition) is 1. The van der Waals surface area contributed by atoms with E-state index in [4.69, 9.17) is 6.42 Å². The average molecular weight is 264 g/mol. The van der Waals surface area contributed by atoms with Gasteiger partial charge in [-0.25, -0.2) is 0 Å². The zero-order chi connectivity index (χ0) is 14.4. The van der Waals surface area contributed by atoms with E-state index in [1.54, 1.807) is 4.90 Å². The molecule has 1 aliphatic rings. The molecule has 2 unspecified atom stereocenters. The van der Waals surface area contributed by atoms with E-state index in [0.29, 0.717) is 31.7 Å². The number of carbonyl (C=O) groups excluding carboxylic acids is 2. The molecule has 0 saturated carbocycles. The van der Waals surface area contributed by atoms with Gasteiger partial charge in [-0.15, -0.1) is 12.3 Å². The van der Waals surface area contributed by atoms with Crippen LogP contribution >= 0.6 is 0 Å². The monoisotopic (exact) mass is 264 g/mol. The lowest BCUT2D eigenvalue weighted by molar-refractivity contribution is -0.136. The summed E-state index contributed by atoms with van der Waals surface area (Å²) in [5.74, 6) is 2.96. The van der Waals surface area contributed by atoms with Gasteiger partial charge in [0.2, 0.25) is 11.8 Å². The van der Waals surface area contributed by atoms with E-state index >= 15 is 0 Å². The van der Waals surface area contributed by atoms with E-state index in [1.165, 1.54) is 0 Å². The maximum atomic E-state index is 12.5. The smallest absolute Gasteiger partial charge is 0.245 e. The number of carbonyl (C=O) groups is 2. The first kappa shape index (κ1) is 15.6. The van der Waals surface area contributed by atoms with Gasteiger partial charge < -0.3 is 10.2 Å². The Bertz CT molecular complexity index is 371. The quantitative estimate of drug-likeness (QED) is 0.766. The van der Waals surface area contributed by atoms with Gasteiger partial charge >= 0.3 is 0 Å². The molecule has 0 radical (unpaired) electrons. The molecule has 1 aliphatic heterocycles. The molecule has 0 aliphatic carbocycles. The highest BCUT2D eigenvalue weighted by Gasteiger charge is 2.33. The molecule has 2 amide bonds. The third-order valence-corrected chi connectivity index (χ3v) is 3.47. The van der Waals surface area contributed by atoms with E-state index in [1.807, 2.05) is 20.8 Å². The highest BCUT2D eigenvalue weighted by molar-refractivity contribution is 5.90. The van der Waals surface area contributed by atoms with Gasteiger partial charge in [-0.1, -0.05) is 20.8 Å². The summed E-state index contributed by atoms with van der Waals surface area (Å²) in [5.41, 5.74) is 0. The van der Waals surface area contributed by atoms with Crippen molar-refractivity contribution in [2.75, 3.05) is 6.54 Å². The van der Waals surface area contributed by atoms with Crippen LogP contribution in [0.4, 0.5) is 0 Å². The number of hydrogen-bond acceptors (Lipinski definition) is 2. The van der Waals surface area contributed by atoms with E-state index in [-0.39, 0.29) is 17.9 Å². The van der Waals surface area contributed by atoms with Crippen molar-refractivity contribution in [3.05, 3.63) is 0 Å². The van der Waals surface area contributed by atoms with Crippen molar-refractivity contribution in [1.29, 1.82) is 0 Å². The molecule has 1 fully saturated rings. The van der Waals surface area contributed by atoms with Gasteiger partial charge in [-0.3, -0.25) is 9.59 Å². The zero-order valence-corrected chi connectivity index (χ0v) is 12.1. The number of nitrogens with one attached hydrogen (secondary N) is 1. The van der Waals surface area contributed by atoms with Crippen molar-refractivity contribution in [2.24, 2.45) is 5.92 Å². The van der Waals surface area contributed by atoms with Gasteiger partial charge in [0.1, 0.15) is 6.04 Å². The van der Waals surface area contributed by atoms with Gasteiger partial charge in [0.05, 0.1) is 0 Å². The minimum Gasteiger partial charge on any atom is -0.344 e. The summed E-state index contributed by atoms with van der Waals surface area (Å²) in [6.07, 6.45) is 7.77. The molecule has 19 heavy (non-hydrogen) atoms. The molecule has 1 heterocycles. The maximum absolute atomic E-state index is 12.5. The third-order valence-electron chi connectivity index (χ3n) is 3.47. The van der Waals surface area contributed by atoms with Crippen molar-refractivity contribution >= 4 is 11.8 Å². The number of terminal acetylenes is 1. The summed E-state index contributed by atoms with van der Waals surface area (Å²) in [4.78, 5) is 26.0. The molecule has 1 rings (SSSR count). The van der Waals surface area contributed by atoms with Crippen LogP contribution < -0.4 is 5.32 Å². The lowest BCUT2D eigenvalue weighted by Crippen LogP contribution is -2.48. The van der Waals surface area contributed by atoms with Crippen LogP contribution in [0.25, 0.3) is 0 Å². The Hall–Kier alpha value is -1.50. The topological polar surface area (TPSA) is 49.4 Å². The number of rotatable bonds is 5. The van der Waals surface area contributed by atoms with Crippen LogP contribution in [0.1, 0.15) is 46.5 Å². The van der Waals surface area contributed by atoms with Crippen molar-refractivity contribution in [2.45, 2.75) is 58.5 Å². The summed E-state index contributed by atoms with van der Waals surface area (Å²) >= 11 is 0. The SMILES string of the molecule is C#CCC(CC)N1CCC(=O)NC(CC(C)C)C1=O. The molecular formula is C15H24N2O2. The molecular weight excluding hydrogens is 240 g/mol. The van der Waals surface area contributed by atoms with Crippen LogP contribution in [0.3, 0.4) is 0 Å². The van der Waals surface area contributed by atoms with Crippen molar-refractivity contribution < 1.29 is 9.59 Å². The van der Waals surface area contributed by atoms with Gasteiger partial charge in [0, 0.05) is 25.4 Å². The second-order valence-corrected chi connectivity index (χ2v) is 5.50. The second kappa shape index (κ2) is 7.18. The molecule has 4 nitrogen and oxygen atoms in total. The van der Waals surface area contributed by atoms with Crippen LogP contribution in [0, 0.1) is 18.3 Å². The fourth-order valence-electron chi connectivity index (χ4n) is 2.47. The van der Waals surface area contributed by atoms with Gasteiger partial charge in [-0.05, 0) is 18.8 Å². The highest BCUT2D eigenvalue weighted by Crippen LogP contribution is 2.17. The summed E-state index contributed by atoms with van der Waals surface area (Å²) < 4.78 is 0. The maximum Gasteiger partial charge on any atom is 0.245 e. The van der Waals surface area contributed by atoms with E-state index in [0.717, 1.165) is 6.42 Å². The normalized spacial score (nSPS) is 21.8. The Morgan fingerprint density at radius 3 is 2.68 bits per heavy atom. The van der Waals surface area contributed by atoms with Crippen LogP contribution in [-0.4, -0.2) is 35.3 Å². The van der Waals surface area contributed by atoms with Crippen LogP contribution in [-0.2, 0) is 9.59 Å². The number of amides is 2. The largest absolute Gasteiger partial charge is 0.344 e. The predicted octanol–water partition coefficient (Wildman–Crippen LogP) is 1.55. The van der Waals surface area contributed by atoms with Gasteiger partial charge in [0.15, 0.2) is 0 Å². The fraction of sp³-hybridized carbons (Fsp3) is 0.733. The first-order valence-electron chi connectivity index (χ1n) is 7.02. The standard InChI is InChI=1S/C15H24N2O2/c1-5-7-12(6-2)17-9-8-14(18)16-13(15(17)19)10-11(3)4/h1,11-13H,6-10H2,2-4H3,(H,16,18). The zero-order valence-electron chi connectivity index (χ0n) is 12.1. The Balaban J connectivity index is 2.88. The van der Waals surface area contributed by atoms with Crippen LogP contribution in [0.5, 0.6) is 0 Å². The van der Waals surface area contributed by atoms with E-state index in [2.05, 4.69) is 11.2 Å². The molecule has 0 aromatic rings. The lowest BCUT2D eigenvalue weighted by Gasteiger charge is -2.31. The average Bonchev–Trinajstić information content (AvgIpc) is 2.47.